The summed E-state index contributed by atoms with van der Waals surface area (Å²) in [6, 6.07) is 6.00. The van der Waals surface area contributed by atoms with E-state index in [-0.39, 0.29) is 24.5 Å². The van der Waals surface area contributed by atoms with Gasteiger partial charge in [-0.2, -0.15) is 0 Å². The van der Waals surface area contributed by atoms with E-state index in [2.05, 4.69) is 12.0 Å². The molecule has 2 aliphatic rings. The highest BCUT2D eigenvalue weighted by Crippen LogP contribution is 2.40. The Morgan fingerprint density at radius 2 is 1.88 bits per heavy atom. The minimum Gasteiger partial charge on any atom is -0.465 e. The van der Waals surface area contributed by atoms with Gasteiger partial charge < -0.3 is 19.3 Å². The van der Waals surface area contributed by atoms with E-state index in [4.69, 9.17) is 9.47 Å². The minimum atomic E-state index is -0.876. The molecule has 10 heteroatoms. The highest BCUT2D eigenvalue weighted by Gasteiger charge is 2.42. The number of aliphatic imine (C=N–C) groups is 1. The fraction of sp³-hybridized carbons (Fsp3) is 0.542. The summed E-state index contributed by atoms with van der Waals surface area (Å²) in [5.41, 5.74) is 1.53. The van der Waals surface area contributed by atoms with Gasteiger partial charge in [0.05, 0.1) is 24.2 Å². The largest absolute Gasteiger partial charge is 0.465 e. The number of hydrogen-bond acceptors (Lipinski definition) is 7. The molecular weight excluding hydrogens is 440 g/mol. The molecule has 1 unspecified atom stereocenters. The smallest absolute Gasteiger partial charge is 0.336 e. The summed E-state index contributed by atoms with van der Waals surface area (Å²) in [4.78, 5) is 44.5. The lowest BCUT2D eigenvalue weighted by Crippen LogP contribution is -3.27. The van der Waals surface area contributed by atoms with Crippen molar-refractivity contribution < 1.29 is 33.8 Å². The average Bonchev–Trinajstić information content (AvgIpc) is 2.80. The molecule has 0 spiro atoms. The van der Waals surface area contributed by atoms with Crippen molar-refractivity contribution in [1.82, 2.24) is 0 Å². The van der Waals surface area contributed by atoms with Gasteiger partial charge in [0, 0.05) is 29.5 Å². The van der Waals surface area contributed by atoms with E-state index in [1.807, 2.05) is 0 Å². The number of piperazine rings is 1. The third-order valence-corrected chi connectivity index (χ3v) is 6.53. The number of nitrogens with one attached hydrogen (secondary N) is 2. The lowest BCUT2D eigenvalue weighted by molar-refractivity contribution is -1.00. The Kier molecular flexibility index (Phi) is 8.51. The fourth-order valence-electron chi connectivity index (χ4n) is 4.68. The highest BCUT2D eigenvalue weighted by atomic mass is 16.6. The molecule has 2 N–H and O–H groups in total. The van der Waals surface area contributed by atoms with E-state index in [1.54, 1.807) is 32.9 Å². The van der Waals surface area contributed by atoms with Crippen LogP contribution in [0.5, 0.6) is 0 Å². The van der Waals surface area contributed by atoms with Gasteiger partial charge in [-0.1, -0.05) is 12.1 Å². The van der Waals surface area contributed by atoms with Crippen molar-refractivity contribution in [3.05, 3.63) is 51.2 Å². The Labute approximate surface area is 199 Å². The SMILES string of the molecule is CCOC(=O)C1C(C)=NC(C)=C(C(=O)OCC[NH+]2CC[NH+](C)CC2)[C@H]1c1cccc([N+](=O)[O-])c1. The highest BCUT2D eigenvalue weighted by molar-refractivity contribution is 6.07. The summed E-state index contributed by atoms with van der Waals surface area (Å²) < 4.78 is 10.9. The number of allylic oxidation sites excluding steroid dienone is 1. The Balaban J connectivity index is 1.89. The van der Waals surface area contributed by atoms with Gasteiger partial charge in [0.2, 0.25) is 0 Å². The van der Waals surface area contributed by atoms with E-state index in [1.165, 1.54) is 21.9 Å². The first-order valence-electron chi connectivity index (χ1n) is 11.7. The number of rotatable bonds is 8. The van der Waals surface area contributed by atoms with E-state index >= 15 is 0 Å². The Morgan fingerprint density at radius 3 is 2.53 bits per heavy atom. The molecule has 3 rings (SSSR count). The number of esters is 2. The Bertz CT molecular complexity index is 997. The van der Waals surface area contributed by atoms with Crippen LogP contribution in [0, 0.1) is 16.0 Å². The maximum atomic E-state index is 13.3. The molecule has 2 aliphatic heterocycles. The minimum absolute atomic E-state index is 0.119. The fourth-order valence-corrected chi connectivity index (χ4v) is 4.68. The number of nitro groups is 1. The molecule has 0 aliphatic carbocycles. The third kappa shape index (κ3) is 5.87. The zero-order chi connectivity index (χ0) is 24.8. The van der Waals surface area contributed by atoms with Crippen molar-refractivity contribution in [2.24, 2.45) is 10.9 Å². The second kappa shape index (κ2) is 11.3. The molecule has 0 bridgehead atoms. The van der Waals surface area contributed by atoms with Crippen LogP contribution in [0.15, 0.2) is 40.5 Å². The molecule has 0 radical (unpaired) electrons. The molecule has 1 fully saturated rings. The number of nitrogens with zero attached hydrogens (tertiary/aromatic N) is 2. The number of non-ortho nitro benzene ring substituents is 1. The summed E-state index contributed by atoms with van der Waals surface area (Å²) in [5, 5.41) is 11.4. The maximum absolute atomic E-state index is 13.3. The number of benzene rings is 1. The van der Waals surface area contributed by atoms with E-state index in [9.17, 15) is 19.7 Å². The molecule has 2 atom stereocenters. The van der Waals surface area contributed by atoms with Crippen molar-refractivity contribution in [2.75, 3.05) is 53.0 Å². The predicted octanol–water partition coefficient (Wildman–Crippen LogP) is -0.437. The van der Waals surface area contributed by atoms with Crippen LogP contribution < -0.4 is 9.80 Å². The average molecular weight is 475 g/mol. The Hall–Kier alpha value is -3.11. The quantitative estimate of drug-likeness (QED) is 0.300. The molecular formula is C24H34N4O6+2. The van der Waals surface area contributed by atoms with Gasteiger partial charge in [-0.05, 0) is 26.3 Å². The van der Waals surface area contributed by atoms with Crippen LogP contribution in [0.25, 0.3) is 0 Å². The van der Waals surface area contributed by atoms with Gasteiger partial charge in [-0.15, -0.1) is 0 Å². The molecule has 0 saturated carbocycles. The lowest BCUT2D eigenvalue weighted by atomic mass is 9.75. The van der Waals surface area contributed by atoms with Crippen LogP contribution in [0.2, 0.25) is 0 Å². The van der Waals surface area contributed by atoms with Crippen LogP contribution in [-0.2, 0) is 19.1 Å². The molecule has 34 heavy (non-hydrogen) atoms. The van der Waals surface area contributed by atoms with Crippen molar-refractivity contribution in [2.45, 2.75) is 26.7 Å². The van der Waals surface area contributed by atoms with Gasteiger partial charge in [-0.3, -0.25) is 19.9 Å². The van der Waals surface area contributed by atoms with Gasteiger partial charge in [-0.25, -0.2) is 4.79 Å². The number of ether oxygens (including phenoxy) is 2. The second-order valence-electron chi connectivity index (χ2n) is 8.90. The van der Waals surface area contributed by atoms with Gasteiger partial charge in [0.1, 0.15) is 45.2 Å². The molecule has 1 aromatic rings. The summed E-state index contributed by atoms with van der Waals surface area (Å²) in [5.74, 6) is -2.75. The molecule has 10 nitrogen and oxygen atoms in total. The molecule has 1 saturated heterocycles. The van der Waals surface area contributed by atoms with Crippen LogP contribution in [0.3, 0.4) is 0 Å². The summed E-state index contributed by atoms with van der Waals surface area (Å²) in [6.45, 7) is 10.4. The number of quaternary nitrogens is 2. The van der Waals surface area contributed by atoms with E-state index in [0.717, 1.165) is 26.2 Å². The first-order chi connectivity index (χ1) is 16.2. The summed E-state index contributed by atoms with van der Waals surface area (Å²) >= 11 is 0. The van der Waals surface area contributed by atoms with Crippen LogP contribution in [0.1, 0.15) is 32.3 Å². The maximum Gasteiger partial charge on any atom is 0.336 e. The molecule has 2 heterocycles. The molecule has 0 amide bonds. The van der Waals surface area contributed by atoms with Crippen molar-refractivity contribution in [3.8, 4) is 0 Å². The van der Waals surface area contributed by atoms with Crippen molar-refractivity contribution >= 4 is 23.3 Å². The van der Waals surface area contributed by atoms with Crippen LogP contribution >= 0.6 is 0 Å². The zero-order valence-corrected chi connectivity index (χ0v) is 20.3. The van der Waals surface area contributed by atoms with Crippen LogP contribution in [0.4, 0.5) is 5.69 Å². The van der Waals surface area contributed by atoms with Crippen LogP contribution in [-0.4, -0.2) is 75.6 Å². The first-order valence-corrected chi connectivity index (χ1v) is 11.7. The lowest BCUT2D eigenvalue weighted by Gasteiger charge is -2.31. The molecule has 0 aromatic heterocycles. The summed E-state index contributed by atoms with van der Waals surface area (Å²) in [7, 11) is 2.17. The van der Waals surface area contributed by atoms with E-state index in [0.29, 0.717) is 23.5 Å². The van der Waals surface area contributed by atoms with Crippen molar-refractivity contribution in [1.29, 1.82) is 0 Å². The van der Waals surface area contributed by atoms with E-state index < -0.39 is 28.7 Å². The van der Waals surface area contributed by atoms with Crippen molar-refractivity contribution in [3.63, 3.8) is 0 Å². The number of carbonyl (C=O) groups excluding carboxylic acids is 2. The topological polar surface area (TPSA) is 117 Å². The number of carbonyl (C=O) groups is 2. The molecule has 1 aromatic carbocycles. The first kappa shape index (κ1) is 25.5. The van der Waals surface area contributed by atoms with Gasteiger partial charge in [0.25, 0.3) is 5.69 Å². The third-order valence-electron chi connectivity index (χ3n) is 6.53. The Morgan fingerprint density at radius 1 is 1.18 bits per heavy atom. The number of hydrogen-bond donors (Lipinski definition) is 2. The zero-order valence-electron chi connectivity index (χ0n) is 20.3. The number of likely N-dealkylation sites (N-methyl/N-ethyl adjacent to an activating group) is 1. The molecule has 184 valence electrons. The van der Waals surface area contributed by atoms with Gasteiger partial charge >= 0.3 is 11.9 Å². The standard InChI is InChI=1S/C24H32N4O6/c1-5-33-23(29)20-16(2)25-17(3)21(22(20)18-7-6-8-19(15-18)28(31)32)24(30)34-14-13-27-11-9-26(4)10-12-27/h6-8,15,20,22H,5,9-14H2,1-4H3/p+2/t20?,22-/m0/s1. The summed E-state index contributed by atoms with van der Waals surface area (Å²) in [6.07, 6.45) is 0. The normalized spacial score (nSPS) is 24.9. The number of nitro benzene ring substituents is 1. The van der Waals surface area contributed by atoms with Gasteiger partial charge in [0.15, 0.2) is 0 Å². The predicted molar refractivity (Wildman–Crippen MR) is 125 cm³/mol. The second-order valence-corrected chi connectivity index (χ2v) is 8.90. The monoisotopic (exact) mass is 474 g/mol.